The quantitative estimate of drug-likeness (QED) is 0.296. The van der Waals surface area contributed by atoms with Gasteiger partial charge in [0.25, 0.3) is 0 Å². The molecule has 11 heteroatoms. The molecule has 3 rings (SSSR count). The van der Waals surface area contributed by atoms with Gasteiger partial charge in [0, 0.05) is 16.2 Å². The summed E-state index contributed by atoms with van der Waals surface area (Å²) in [7, 11) is 0. The van der Waals surface area contributed by atoms with Crippen molar-refractivity contribution in [2.24, 2.45) is 0 Å². The van der Waals surface area contributed by atoms with Crippen LogP contribution in [0, 0.1) is 26.8 Å². The minimum atomic E-state index is -1.58. The molecule has 2 aromatic carbocycles. The molecule has 1 aromatic heterocycles. The zero-order valence-electron chi connectivity index (χ0n) is 14.8. The molecule has 0 aliphatic carbocycles. The summed E-state index contributed by atoms with van der Waals surface area (Å²) in [5.74, 6) is -6.60. The fraction of sp³-hybridized carbons (Fsp3) is 0.0526. The Labute approximate surface area is 187 Å². The van der Waals surface area contributed by atoms with Crippen molar-refractivity contribution in [3.05, 3.63) is 80.1 Å². The van der Waals surface area contributed by atoms with Crippen LogP contribution in [-0.2, 0) is 6.42 Å². The molecule has 30 heavy (non-hydrogen) atoms. The lowest BCUT2D eigenvalue weighted by atomic mass is 10.00. The molecule has 0 amide bonds. The first kappa shape index (κ1) is 23.7. The Balaban J connectivity index is 0.00000320. The van der Waals surface area contributed by atoms with E-state index >= 15 is 0 Å². The van der Waals surface area contributed by atoms with Crippen LogP contribution in [0.15, 0.2) is 36.5 Å². The summed E-state index contributed by atoms with van der Waals surface area (Å²) in [6.07, 6.45) is 0.731. The molecule has 0 saturated carbocycles. The highest BCUT2D eigenvalue weighted by Gasteiger charge is 2.24. The Morgan fingerprint density at radius 2 is 1.77 bits per heavy atom. The maximum atomic E-state index is 14.7. The van der Waals surface area contributed by atoms with Crippen LogP contribution >= 0.6 is 35.0 Å². The summed E-state index contributed by atoms with van der Waals surface area (Å²) in [6, 6.07) is 6.00. The molecule has 0 radical (unpaired) electrons. The van der Waals surface area contributed by atoms with Gasteiger partial charge < -0.3 is 16.2 Å². The average molecular weight is 554 g/mol. The number of rotatable bonds is 5. The first-order chi connectivity index (χ1) is 13.7. The number of hydrogen-bond acceptors (Lipinski definition) is 4. The van der Waals surface area contributed by atoms with Crippen molar-refractivity contribution < 1.29 is 27.5 Å². The minimum absolute atomic E-state index is 0. The molecule has 0 bridgehead atoms. The lowest BCUT2D eigenvalue weighted by molar-refractivity contribution is 0.0697. The van der Waals surface area contributed by atoms with Crippen LogP contribution < -0.4 is 11.1 Å². The van der Waals surface area contributed by atoms with Gasteiger partial charge >= 0.3 is 5.97 Å². The van der Waals surface area contributed by atoms with E-state index in [1.165, 1.54) is 24.4 Å². The fourth-order valence-electron chi connectivity index (χ4n) is 2.67. The van der Waals surface area contributed by atoms with Crippen LogP contribution in [0.25, 0.3) is 0 Å². The molecule has 0 aliphatic rings. The number of nitrogens with zero attached hydrogens (tertiary/aromatic N) is 1. The summed E-state index contributed by atoms with van der Waals surface area (Å²) in [4.78, 5) is 15.1. The Morgan fingerprint density at radius 1 is 1.07 bits per heavy atom. The number of aromatic nitrogens is 1. The van der Waals surface area contributed by atoms with Crippen LogP contribution in [0.3, 0.4) is 0 Å². The van der Waals surface area contributed by atoms with Gasteiger partial charge in [0.2, 0.25) is 0 Å². The standard InChI is InChI=1S/C19H12F4IN3O2.ClH/c20-12-7-10(24)1-2-13(12)27-17-11(19(28)29)6-9(14(21)16(17)23)5-8-3-4-26-18(25)15(8)22;/h1-4,6-7,27H,5H2,(H2,25,26)(H,28,29);1H. The van der Waals surface area contributed by atoms with Crippen molar-refractivity contribution in [2.45, 2.75) is 6.42 Å². The van der Waals surface area contributed by atoms with E-state index in [1.54, 1.807) is 0 Å². The van der Waals surface area contributed by atoms with Gasteiger partial charge in [-0.15, -0.1) is 12.4 Å². The van der Waals surface area contributed by atoms with Gasteiger partial charge in [-0.1, -0.05) is 0 Å². The number of halogens is 6. The van der Waals surface area contributed by atoms with Gasteiger partial charge in [-0.05, 0) is 64.0 Å². The van der Waals surface area contributed by atoms with Gasteiger partial charge in [-0.3, -0.25) is 0 Å². The summed E-state index contributed by atoms with van der Waals surface area (Å²) in [6.45, 7) is 0. The van der Waals surface area contributed by atoms with Crippen LogP contribution in [0.2, 0.25) is 0 Å². The smallest absolute Gasteiger partial charge is 0.337 e. The van der Waals surface area contributed by atoms with Gasteiger partial charge in [0.1, 0.15) is 5.82 Å². The Hall–Kier alpha value is -2.60. The van der Waals surface area contributed by atoms with Gasteiger partial charge in [0.15, 0.2) is 23.3 Å². The molecule has 5 nitrogen and oxygen atoms in total. The summed E-state index contributed by atoms with van der Waals surface area (Å²) >= 11 is 1.86. The first-order valence-corrected chi connectivity index (χ1v) is 9.12. The second-order valence-electron chi connectivity index (χ2n) is 5.99. The number of anilines is 3. The lowest BCUT2D eigenvalue weighted by Gasteiger charge is -2.15. The molecule has 0 fully saturated rings. The number of carbonyl (C=O) groups is 1. The number of benzene rings is 2. The Bertz CT molecular complexity index is 1130. The number of hydrogen-bond donors (Lipinski definition) is 3. The van der Waals surface area contributed by atoms with E-state index in [1.807, 2.05) is 22.6 Å². The van der Waals surface area contributed by atoms with Crippen LogP contribution in [-0.4, -0.2) is 16.1 Å². The van der Waals surface area contributed by atoms with E-state index < -0.39 is 58.3 Å². The summed E-state index contributed by atoms with van der Waals surface area (Å²) in [5.41, 5.74) is 3.26. The van der Waals surface area contributed by atoms with Crippen molar-refractivity contribution in [3.63, 3.8) is 0 Å². The van der Waals surface area contributed by atoms with E-state index in [0.717, 1.165) is 12.1 Å². The fourth-order valence-corrected chi connectivity index (χ4v) is 3.12. The van der Waals surface area contributed by atoms with Crippen molar-refractivity contribution >= 4 is 58.2 Å². The average Bonchev–Trinajstić information content (AvgIpc) is 2.66. The highest BCUT2D eigenvalue weighted by Crippen LogP contribution is 2.31. The monoisotopic (exact) mass is 553 g/mol. The van der Waals surface area contributed by atoms with E-state index in [9.17, 15) is 27.5 Å². The molecule has 0 unspecified atom stereocenters. The zero-order chi connectivity index (χ0) is 21.3. The van der Waals surface area contributed by atoms with Crippen molar-refractivity contribution in [2.75, 3.05) is 11.1 Å². The molecule has 0 spiro atoms. The van der Waals surface area contributed by atoms with E-state index in [-0.39, 0.29) is 23.7 Å². The number of nitrogen functional groups attached to an aromatic ring is 1. The number of carboxylic acid groups (broad SMARTS) is 1. The minimum Gasteiger partial charge on any atom is -0.478 e. The number of pyridine rings is 1. The van der Waals surface area contributed by atoms with E-state index in [2.05, 4.69) is 10.3 Å². The number of aromatic carboxylic acids is 1. The largest absolute Gasteiger partial charge is 0.478 e. The number of carboxylic acids is 1. The topological polar surface area (TPSA) is 88.2 Å². The van der Waals surface area contributed by atoms with Crippen LogP contribution in [0.5, 0.6) is 0 Å². The predicted molar refractivity (Wildman–Crippen MR) is 114 cm³/mol. The maximum Gasteiger partial charge on any atom is 0.337 e. The molecule has 0 aliphatic heterocycles. The highest BCUT2D eigenvalue weighted by molar-refractivity contribution is 14.1. The lowest BCUT2D eigenvalue weighted by Crippen LogP contribution is -2.11. The van der Waals surface area contributed by atoms with Gasteiger partial charge in [-0.25, -0.2) is 27.3 Å². The van der Waals surface area contributed by atoms with Crippen molar-refractivity contribution in [1.29, 1.82) is 0 Å². The maximum absolute atomic E-state index is 14.7. The molecular weight excluding hydrogens is 541 g/mol. The van der Waals surface area contributed by atoms with Gasteiger partial charge in [-0.2, -0.15) is 0 Å². The third-order valence-corrected chi connectivity index (χ3v) is 4.75. The SMILES string of the molecule is Cl.Nc1nccc(Cc2cc(C(=O)O)c(Nc3ccc(I)cc3F)c(F)c2F)c1F. The predicted octanol–water partition coefficient (Wildman–Crippen LogP) is 5.28. The molecule has 4 N–H and O–H groups in total. The van der Waals surface area contributed by atoms with Gasteiger partial charge in [0.05, 0.1) is 16.9 Å². The normalized spacial score (nSPS) is 10.4. The molecule has 0 atom stereocenters. The number of nitrogens with two attached hydrogens (primary N) is 1. The molecule has 3 aromatic rings. The summed E-state index contributed by atoms with van der Waals surface area (Å²) in [5, 5.41) is 11.7. The molecule has 158 valence electrons. The Morgan fingerprint density at radius 3 is 2.40 bits per heavy atom. The van der Waals surface area contributed by atoms with Crippen molar-refractivity contribution in [3.8, 4) is 0 Å². The van der Waals surface area contributed by atoms with Crippen LogP contribution in [0.4, 0.5) is 34.8 Å². The van der Waals surface area contributed by atoms with Crippen molar-refractivity contribution in [1.82, 2.24) is 4.98 Å². The highest BCUT2D eigenvalue weighted by atomic mass is 127. The number of nitrogens with one attached hydrogen (secondary N) is 1. The van der Waals surface area contributed by atoms with Crippen LogP contribution in [0.1, 0.15) is 21.5 Å². The third kappa shape index (κ3) is 4.75. The Kier molecular flexibility index (Phi) is 7.48. The zero-order valence-corrected chi connectivity index (χ0v) is 17.8. The summed E-state index contributed by atoms with van der Waals surface area (Å²) < 4.78 is 58.0. The van der Waals surface area contributed by atoms with E-state index in [0.29, 0.717) is 3.57 Å². The first-order valence-electron chi connectivity index (χ1n) is 8.04. The van der Waals surface area contributed by atoms with E-state index in [4.69, 9.17) is 5.73 Å². The molecule has 0 saturated heterocycles. The molecular formula is C19H13ClF4IN3O2. The second-order valence-corrected chi connectivity index (χ2v) is 7.23. The molecule has 1 heterocycles. The third-order valence-electron chi connectivity index (χ3n) is 4.08. The second kappa shape index (κ2) is 9.47.